The number of carbonyl (C=O) groups is 2. The zero-order chi connectivity index (χ0) is 31.0. The Morgan fingerprint density at radius 1 is 0.933 bits per heavy atom. The van der Waals surface area contributed by atoms with Gasteiger partial charge in [0.25, 0.3) is 0 Å². The number of carbonyl (C=O) groups excluding carboxylic acids is 2. The Balaban J connectivity index is 1.09. The van der Waals surface area contributed by atoms with Crippen LogP contribution in [-0.2, 0) is 27.3 Å². The van der Waals surface area contributed by atoms with Crippen molar-refractivity contribution in [2.45, 2.75) is 76.0 Å². The molecule has 244 valence electrons. The Kier molecular flexibility index (Phi) is 11.4. The molecule has 0 aromatic heterocycles. The van der Waals surface area contributed by atoms with Crippen molar-refractivity contribution in [2.24, 2.45) is 5.92 Å². The van der Waals surface area contributed by atoms with E-state index in [1.807, 2.05) is 41.3 Å². The smallest absolute Gasteiger partial charge is 0.245 e. The van der Waals surface area contributed by atoms with Gasteiger partial charge in [-0.25, -0.2) is 0 Å². The molecule has 2 aromatic rings. The van der Waals surface area contributed by atoms with E-state index in [0.29, 0.717) is 37.0 Å². The maximum Gasteiger partial charge on any atom is 0.245 e. The third kappa shape index (κ3) is 8.86. The molecule has 2 unspecified atom stereocenters. The second-order valence-electron chi connectivity index (χ2n) is 13.5. The molecule has 3 heterocycles. The number of hydrogen-bond donors (Lipinski definition) is 2. The van der Waals surface area contributed by atoms with Crippen LogP contribution in [0.5, 0.6) is 0 Å². The topological polar surface area (TPSA) is 77.2 Å². The van der Waals surface area contributed by atoms with Crippen molar-refractivity contribution >= 4 is 23.4 Å². The van der Waals surface area contributed by atoms with Crippen LogP contribution >= 0.6 is 11.6 Å². The number of nitrogens with zero attached hydrogens (tertiary/aromatic N) is 3. The third-order valence-electron chi connectivity index (χ3n) is 10.4. The highest BCUT2D eigenvalue weighted by molar-refractivity contribution is 6.30. The molecule has 6 rings (SSSR count). The van der Waals surface area contributed by atoms with Gasteiger partial charge < -0.3 is 20.3 Å². The first-order valence-corrected chi connectivity index (χ1v) is 17.6. The van der Waals surface area contributed by atoms with Gasteiger partial charge in [-0.05, 0) is 41.2 Å². The summed E-state index contributed by atoms with van der Waals surface area (Å²) in [6.45, 7) is 8.63. The van der Waals surface area contributed by atoms with E-state index >= 15 is 0 Å². The van der Waals surface area contributed by atoms with E-state index in [4.69, 9.17) is 16.3 Å². The fourth-order valence-corrected chi connectivity index (χ4v) is 7.94. The number of benzene rings is 2. The molecule has 1 saturated carbocycles. The van der Waals surface area contributed by atoms with Crippen molar-refractivity contribution in [2.75, 3.05) is 59.0 Å². The summed E-state index contributed by atoms with van der Waals surface area (Å²) in [5.41, 5.74) is 3.39. The van der Waals surface area contributed by atoms with Gasteiger partial charge in [0.05, 0.1) is 13.2 Å². The highest BCUT2D eigenvalue weighted by atomic mass is 35.5. The van der Waals surface area contributed by atoms with Crippen LogP contribution in [-0.4, -0.2) is 97.6 Å². The molecule has 2 N–H and O–H groups in total. The first-order chi connectivity index (χ1) is 22.0. The zero-order valence-corrected chi connectivity index (χ0v) is 27.4. The summed E-state index contributed by atoms with van der Waals surface area (Å²) in [6, 6.07) is 15.7. The van der Waals surface area contributed by atoms with Gasteiger partial charge >= 0.3 is 0 Å². The van der Waals surface area contributed by atoms with Gasteiger partial charge in [-0.15, -0.1) is 0 Å². The molecule has 2 saturated heterocycles. The molecule has 3 fully saturated rings. The van der Waals surface area contributed by atoms with E-state index in [1.165, 1.54) is 49.7 Å². The summed E-state index contributed by atoms with van der Waals surface area (Å²) in [6.07, 6.45) is 8.81. The van der Waals surface area contributed by atoms with Gasteiger partial charge in [0.1, 0.15) is 6.04 Å². The second kappa shape index (κ2) is 15.9. The Morgan fingerprint density at radius 3 is 2.42 bits per heavy atom. The van der Waals surface area contributed by atoms with Crippen molar-refractivity contribution < 1.29 is 14.3 Å². The van der Waals surface area contributed by atoms with Gasteiger partial charge in [0.2, 0.25) is 11.8 Å². The highest BCUT2D eigenvalue weighted by Gasteiger charge is 2.34. The lowest BCUT2D eigenvalue weighted by molar-refractivity contribution is -0.138. The van der Waals surface area contributed by atoms with Crippen LogP contribution in [0.25, 0.3) is 0 Å². The average molecular weight is 636 g/mol. The summed E-state index contributed by atoms with van der Waals surface area (Å²) < 4.78 is 5.63. The minimum absolute atomic E-state index is 0.00902. The van der Waals surface area contributed by atoms with Crippen LogP contribution in [0.4, 0.5) is 0 Å². The van der Waals surface area contributed by atoms with Crippen LogP contribution in [0, 0.1) is 5.92 Å². The summed E-state index contributed by atoms with van der Waals surface area (Å²) in [7, 11) is 0. The third-order valence-corrected chi connectivity index (χ3v) is 10.6. The Bertz CT molecular complexity index is 1240. The number of halogens is 1. The van der Waals surface area contributed by atoms with Gasteiger partial charge in [-0.2, -0.15) is 0 Å². The molecular weight excluding hydrogens is 586 g/mol. The standard InChI is InChI=1S/C36H50ClN5O3/c37-30-12-10-28(11-13-30)23-34(39-35(43)24-33-32-9-5-4-8-29(32)25-38-33)36(44)42-16-14-41(15-17-42)31(22-27-6-2-1-3-7-27)26-40-18-20-45-21-19-40/h4-5,8-13,27,31,33-34,38H,1-3,6-7,14-26H2,(H,39,43)/t31?,33?,34-/m1/s1. The van der Waals surface area contributed by atoms with Gasteiger partial charge in [-0.3, -0.25) is 19.4 Å². The summed E-state index contributed by atoms with van der Waals surface area (Å²) in [5.74, 6) is 0.715. The van der Waals surface area contributed by atoms with E-state index in [-0.39, 0.29) is 17.9 Å². The molecule has 1 aliphatic carbocycles. The number of fused-ring (bicyclic) bond motifs is 1. The van der Waals surface area contributed by atoms with E-state index in [0.717, 1.165) is 64.0 Å². The van der Waals surface area contributed by atoms with E-state index in [2.05, 4.69) is 32.6 Å². The van der Waals surface area contributed by atoms with Crippen molar-refractivity contribution in [3.63, 3.8) is 0 Å². The normalized spacial score (nSPS) is 23.0. The molecule has 3 aliphatic heterocycles. The SMILES string of the molecule is O=C(CC1NCc2ccccc21)N[C@H](Cc1ccc(Cl)cc1)C(=O)N1CCN(C(CC2CCCCC2)CN2CCOCC2)CC1. The zero-order valence-electron chi connectivity index (χ0n) is 26.6. The van der Waals surface area contributed by atoms with Crippen molar-refractivity contribution in [3.05, 3.63) is 70.2 Å². The summed E-state index contributed by atoms with van der Waals surface area (Å²) >= 11 is 6.15. The largest absolute Gasteiger partial charge is 0.379 e. The molecule has 8 nitrogen and oxygen atoms in total. The minimum atomic E-state index is -0.617. The Morgan fingerprint density at radius 2 is 1.67 bits per heavy atom. The van der Waals surface area contributed by atoms with Gasteiger partial charge in [-0.1, -0.05) is 80.1 Å². The molecular formula is C36H50ClN5O3. The van der Waals surface area contributed by atoms with Crippen LogP contribution in [0.3, 0.4) is 0 Å². The van der Waals surface area contributed by atoms with Crippen LogP contribution < -0.4 is 10.6 Å². The monoisotopic (exact) mass is 635 g/mol. The summed E-state index contributed by atoms with van der Waals surface area (Å²) in [5, 5.41) is 7.26. The highest BCUT2D eigenvalue weighted by Crippen LogP contribution is 2.30. The quantitative estimate of drug-likeness (QED) is 0.381. The molecule has 0 spiro atoms. The molecule has 0 radical (unpaired) electrons. The van der Waals surface area contributed by atoms with E-state index in [1.54, 1.807) is 0 Å². The lowest BCUT2D eigenvalue weighted by Crippen LogP contribution is -2.58. The van der Waals surface area contributed by atoms with Gasteiger partial charge in [0.15, 0.2) is 0 Å². The molecule has 3 atom stereocenters. The van der Waals surface area contributed by atoms with Crippen molar-refractivity contribution in [1.29, 1.82) is 0 Å². The maximum absolute atomic E-state index is 14.1. The number of morpholine rings is 1. The van der Waals surface area contributed by atoms with E-state index < -0.39 is 6.04 Å². The average Bonchev–Trinajstić information content (AvgIpc) is 3.48. The van der Waals surface area contributed by atoms with Gasteiger partial charge in [0, 0.05) is 82.3 Å². The van der Waals surface area contributed by atoms with Crippen molar-refractivity contribution in [1.82, 2.24) is 25.3 Å². The number of nitrogens with one attached hydrogen (secondary N) is 2. The lowest BCUT2D eigenvalue weighted by atomic mass is 9.84. The fraction of sp³-hybridized carbons (Fsp3) is 0.611. The van der Waals surface area contributed by atoms with Crippen LogP contribution in [0.1, 0.15) is 67.7 Å². The molecule has 0 bridgehead atoms. The second-order valence-corrected chi connectivity index (χ2v) is 13.9. The maximum atomic E-state index is 14.1. The van der Waals surface area contributed by atoms with Crippen LogP contribution in [0.2, 0.25) is 5.02 Å². The number of rotatable bonds is 11. The first-order valence-electron chi connectivity index (χ1n) is 17.2. The molecule has 2 aromatic carbocycles. The number of piperazine rings is 1. The Hall–Kier alpha value is -2.49. The van der Waals surface area contributed by atoms with E-state index in [9.17, 15) is 9.59 Å². The predicted molar refractivity (Wildman–Crippen MR) is 178 cm³/mol. The van der Waals surface area contributed by atoms with Crippen molar-refractivity contribution in [3.8, 4) is 0 Å². The van der Waals surface area contributed by atoms with Crippen LogP contribution in [0.15, 0.2) is 48.5 Å². The molecule has 9 heteroatoms. The predicted octanol–water partition coefficient (Wildman–Crippen LogP) is 4.42. The number of hydrogen-bond acceptors (Lipinski definition) is 6. The number of amides is 2. The minimum Gasteiger partial charge on any atom is -0.379 e. The molecule has 2 amide bonds. The fourth-order valence-electron chi connectivity index (χ4n) is 7.81. The number of ether oxygens (including phenoxy) is 1. The lowest BCUT2D eigenvalue weighted by Gasteiger charge is -2.43. The Labute approximate surface area is 273 Å². The first kappa shape index (κ1) is 32.5. The molecule has 4 aliphatic rings. The summed E-state index contributed by atoms with van der Waals surface area (Å²) in [4.78, 5) is 34.7. The molecule has 45 heavy (non-hydrogen) atoms.